The topological polar surface area (TPSA) is 17.1 Å². The molecular formula is C16H30O. The van der Waals surface area contributed by atoms with Gasteiger partial charge >= 0.3 is 0 Å². The van der Waals surface area contributed by atoms with Gasteiger partial charge in [0, 0.05) is 12.3 Å². The van der Waals surface area contributed by atoms with E-state index >= 15 is 0 Å². The minimum atomic E-state index is 0.403. The molecule has 1 aliphatic carbocycles. The van der Waals surface area contributed by atoms with Crippen molar-refractivity contribution in [1.82, 2.24) is 0 Å². The summed E-state index contributed by atoms with van der Waals surface area (Å²) >= 11 is 0. The van der Waals surface area contributed by atoms with Gasteiger partial charge in [-0.25, -0.2) is 0 Å². The molecule has 2 atom stereocenters. The van der Waals surface area contributed by atoms with E-state index in [2.05, 4.69) is 27.7 Å². The molecule has 1 fully saturated rings. The zero-order valence-corrected chi connectivity index (χ0v) is 12.2. The third-order valence-corrected chi connectivity index (χ3v) is 5.12. The van der Waals surface area contributed by atoms with Crippen molar-refractivity contribution in [3.8, 4) is 0 Å². The molecule has 0 aromatic carbocycles. The van der Waals surface area contributed by atoms with Crippen molar-refractivity contribution in [2.45, 2.75) is 79.1 Å². The molecule has 1 rings (SSSR count). The zero-order chi connectivity index (χ0) is 12.9. The third-order valence-electron chi connectivity index (χ3n) is 5.12. The van der Waals surface area contributed by atoms with Gasteiger partial charge in [-0.3, -0.25) is 4.79 Å². The first-order valence-electron chi connectivity index (χ1n) is 7.50. The molecule has 1 nitrogen and oxygen atoms in total. The predicted octanol–water partition coefficient (Wildman–Crippen LogP) is 4.99. The highest BCUT2D eigenvalue weighted by atomic mass is 16.1. The number of rotatable bonds is 6. The van der Waals surface area contributed by atoms with E-state index in [1.807, 2.05) is 0 Å². The minimum Gasteiger partial charge on any atom is -0.299 e. The monoisotopic (exact) mass is 238 g/mol. The molecule has 0 saturated heterocycles. The van der Waals surface area contributed by atoms with E-state index < -0.39 is 0 Å². The quantitative estimate of drug-likeness (QED) is 0.637. The normalized spacial score (nSPS) is 23.8. The van der Waals surface area contributed by atoms with E-state index in [1.54, 1.807) is 0 Å². The highest BCUT2D eigenvalue weighted by Crippen LogP contribution is 2.34. The van der Waals surface area contributed by atoms with E-state index in [-0.39, 0.29) is 0 Å². The molecule has 0 N–H and O–H groups in total. The van der Waals surface area contributed by atoms with Gasteiger partial charge in [0.15, 0.2) is 0 Å². The first kappa shape index (κ1) is 14.7. The van der Waals surface area contributed by atoms with E-state index in [1.165, 1.54) is 25.7 Å². The summed E-state index contributed by atoms with van der Waals surface area (Å²) in [5.74, 6) is 1.71. The van der Waals surface area contributed by atoms with Gasteiger partial charge in [0.25, 0.3) is 0 Å². The smallest absolute Gasteiger partial charge is 0.135 e. The van der Waals surface area contributed by atoms with Crippen LogP contribution in [0.5, 0.6) is 0 Å². The maximum absolute atomic E-state index is 11.7. The number of carbonyl (C=O) groups excluding carboxylic acids is 1. The summed E-state index contributed by atoms with van der Waals surface area (Å²) in [5, 5.41) is 0. The Balaban J connectivity index is 2.25. The zero-order valence-electron chi connectivity index (χ0n) is 12.2. The van der Waals surface area contributed by atoms with Crippen LogP contribution in [0.3, 0.4) is 0 Å². The molecule has 0 amide bonds. The molecule has 1 heteroatoms. The average molecular weight is 238 g/mol. The Labute approximate surface area is 107 Å². The Morgan fingerprint density at radius 3 is 2.65 bits per heavy atom. The SMILES string of the molecule is CCC(C)(C)C(C)CCCC1CCCCC1=O. The highest BCUT2D eigenvalue weighted by Gasteiger charge is 2.25. The van der Waals surface area contributed by atoms with Gasteiger partial charge in [0.2, 0.25) is 0 Å². The van der Waals surface area contributed by atoms with Gasteiger partial charge in [-0.1, -0.05) is 53.4 Å². The fraction of sp³-hybridized carbons (Fsp3) is 0.938. The molecule has 1 aliphatic rings. The van der Waals surface area contributed by atoms with Crippen LogP contribution in [0, 0.1) is 17.3 Å². The molecule has 1 saturated carbocycles. The number of ketones is 1. The van der Waals surface area contributed by atoms with Crippen molar-refractivity contribution in [1.29, 1.82) is 0 Å². The van der Waals surface area contributed by atoms with Crippen LogP contribution in [0.15, 0.2) is 0 Å². The lowest BCUT2D eigenvalue weighted by Gasteiger charge is -2.31. The first-order chi connectivity index (χ1) is 7.97. The predicted molar refractivity (Wildman–Crippen MR) is 74.1 cm³/mol. The van der Waals surface area contributed by atoms with E-state index in [0.717, 1.165) is 31.6 Å². The van der Waals surface area contributed by atoms with E-state index in [0.29, 0.717) is 17.1 Å². The number of hydrogen-bond donors (Lipinski definition) is 0. The summed E-state index contributed by atoms with van der Waals surface area (Å²) in [5.41, 5.74) is 0.455. The van der Waals surface area contributed by atoms with Gasteiger partial charge in [0.05, 0.1) is 0 Å². The lowest BCUT2D eigenvalue weighted by molar-refractivity contribution is -0.124. The third kappa shape index (κ3) is 4.44. The van der Waals surface area contributed by atoms with Gasteiger partial charge in [0.1, 0.15) is 5.78 Å². The van der Waals surface area contributed by atoms with E-state index in [4.69, 9.17) is 0 Å². The second-order valence-electron chi connectivity index (χ2n) is 6.58. The number of hydrogen-bond acceptors (Lipinski definition) is 1. The van der Waals surface area contributed by atoms with Crippen LogP contribution in [0.2, 0.25) is 0 Å². The molecule has 0 spiro atoms. The van der Waals surface area contributed by atoms with Crippen molar-refractivity contribution < 1.29 is 4.79 Å². The lowest BCUT2D eigenvalue weighted by atomic mass is 9.74. The molecule has 0 aromatic heterocycles. The fourth-order valence-corrected chi connectivity index (χ4v) is 2.77. The van der Waals surface area contributed by atoms with Crippen LogP contribution in [0.25, 0.3) is 0 Å². The Morgan fingerprint density at radius 1 is 1.35 bits per heavy atom. The second kappa shape index (κ2) is 6.56. The summed E-state index contributed by atoms with van der Waals surface area (Å²) in [6, 6.07) is 0. The Morgan fingerprint density at radius 2 is 2.06 bits per heavy atom. The Bertz CT molecular complexity index is 242. The average Bonchev–Trinajstić information content (AvgIpc) is 2.31. The standard InChI is InChI=1S/C16H30O/c1-5-16(3,4)13(2)9-8-11-14-10-6-7-12-15(14)17/h13-14H,5-12H2,1-4H3. The molecule has 0 aliphatic heterocycles. The number of Topliss-reactive ketones (excluding diaryl/α,β-unsaturated/α-hetero) is 1. The molecule has 0 aromatic rings. The summed E-state index contributed by atoms with van der Waals surface area (Å²) in [4.78, 5) is 11.7. The van der Waals surface area contributed by atoms with Crippen LogP contribution in [-0.2, 0) is 4.79 Å². The molecule has 0 radical (unpaired) electrons. The van der Waals surface area contributed by atoms with E-state index in [9.17, 15) is 4.79 Å². The highest BCUT2D eigenvalue weighted by molar-refractivity contribution is 5.81. The van der Waals surface area contributed by atoms with Crippen molar-refractivity contribution in [2.24, 2.45) is 17.3 Å². The van der Waals surface area contributed by atoms with Crippen molar-refractivity contribution in [3.05, 3.63) is 0 Å². The van der Waals surface area contributed by atoms with Gasteiger partial charge in [-0.05, 0) is 30.6 Å². The molecule has 0 bridgehead atoms. The van der Waals surface area contributed by atoms with Crippen LogP contribution in [-0.4, -0.2) is 5.78 Å². The van der Waals surface area contributed by atoms with Crippen molar-refractivity contribution in [2.75, 3.05) is 0 Å². The maximum Gasteiger partial charge on any atom is 0.135 e. The summed E-state index contributed by atoms with van der Waals surface area (Å²) < 4.78 is 0. The molecular weight excluding hydrogens is 208 g/mol. The van der Waals surface area contributed by atoms with Gasteiger partial charge < -0.3 is 0 Å². The van der Waals surface area contributed by atoms with Gasteiger partial charge in [-0.2, -0.15) is 0 Å². The Kier molecular flexibility index (Phi) is 5.69. The number of carbonyl (C=O) groups is 1. The fourth-order valence-electron chi connectivity index (χ4n) is 2.77. The van der Waals surface area contributed by atoms with Crippen molar-refractivity contribution >= 4 is 5.78 Å². The first-order valence-corrected chi connectivity index (χ1v) is 7.50. The molecule has 0 heterocycles. The molecule has 17 heavy (non-hydrogen) atoms. The second-order valence-corrected chi connectivity index (χ2v) is 6.58. The van der Waals surface area contributed by atoms with Crippen LogP contribution >= 0.6 is 0 Å². The van der Waals surface area contributed by atoms with Gasteiger partial charge in [-0.15, -0.1) is 0 Å². The summed E-state index contributed by atoms with van der Waals surface area (Å²) in [6.45, 7) is 9.38. The summed E-state index contributed by atoms with van der Waals surface area (Å²) in [7, 11) is 0. The van der Waals surface area contributed by atoms with Crippen molar-refractivity contribution in [3.63, 3.8) is 0 Å². The largest absolute Gasteiger partial charge is 0.299 e. The maximum atomic E-state index is 11.7. The molecule has 100 valence electrons. The van der Waals surface area contributed by atoms with Crippen LogP contribution in [0.1, 0.15) is 79.1 Å². The van der Waals surface area contributed by atoms with Crippen LogP contribution in [0.4, 0.5) is 0 Å². The minimum absolute atomic E-state index is 0.403. The van der Waals surface area contributed by atoms with Crippen LogP contribution < -0.4 is 0 Å². The summed E-state index contributed by atoms with van der Waals surface area (Å²) in [6.07, 6.45) is 9.32. The molecule has 2 unspecified atom stereocenters. The Hall–Kier alpha value is -0.330. The lowest BCUT2D eigenvalue weighted by Crippen LogP contribution is -2.22.